The van der Waals surface area contributed by atoms with Crippen LogP contribution in [0.15, 0.2) is 0 Å². The fraction of sp³-hybridized carbons (Fsp3) is 1.00. The first kappa shape index (κ1) is 15.3. The van der Waals surface area contributed by atoms with E-state index in [0.717, 1.165) is 6.94 Å². The molecule has 2 unspecified atom stereocenters. The number of thioether (sulfide) groups is 2. The number of halogens is 4. The van der Waals surface area contributed by atoms with Crippen LogP contribution in [0.2, 0.25) is 0 Å². The summed E-state index contributed by atoms with van der Waals surface area (Å²) in [5.41, 5.74) is 0. The Hall–Kier alpha value is 1.23. The van der Waals surface area contributed by atoms with E-state index in [0.29, 0.717) is 19.8 Å². The largest absolute Gasteiger partial charge is 0.673 e. The zero-order valence-electron chi connectivity index (χ0n) is 8.60. The van der Waals surface area contributed by atoms with E-state index in [1.54, 1.807) is 12.8 Å². The average molecular weight is 458 g/mol. The first-order valence-corrected chi connectivity index (χ1v) is 9.69. The van der Waals surface area contributed by atoms with Crippen molar-refractivity contribution in [2.24, 2.45) is 0 Å². The smallest absolute Gasteiger partial charge is 0.418 e. The Morgan fingerprint density at radius 3 is 1.50 bits per heavy atom. The Kier molecular flexibility index (Phi) is 7.27. The van der Waals surface area contributed by atoms with Gasteiger partial charge in [0, 0.05) is 0 Å². The monoisotopic (exact) mass is 458 g/mol. The quantitative estimate of drug-likeness (QED) is 0.452. The summed E-state index contributed by atoms with van der Waals surface area (Å²) in [5, 5.41) is 0. The van der Waals surface area contributed by atoms with Crippen molar-refractivity contribution in [1.82, 2.24) is 0 Å². The first-order chi connectivity index (χ1) is 7.45. The molecule has 0 aromatic heterocycles. The van der Waals surface area contributed by atoms with Gasteiger partial charge in [-0.3, -0.25) is 0 Å². The molecule has 2 fully saturated rings. The molecule has 0 aliphatic carbocycles. The maximum absolute atomic E-state index is 9.75. The van der Waals surface area contributed by atoms with Crippen LogP contribution in [0.1, 0.15) is 25.7 Å². The van der Waals surface area contributed by atoms with E-state index < -0.39 is 7.25 Å². The third-order valence-electron chi connectivity index (χ3n) is 1.90. The van der Waals surface area contributed by atoms with Crippen LogP contribution < -0.4 is 0 Å². The summed E-state index contributed by atoms with van der Waals surface area (Å²) >= 11 is 5.17. The van der Waals surface area contributed by atoms with Crippen molar-refractivity contribution in [2.45, 2.75) is 32.6 Å². The second kappa shape index (κ2) is 7.61. The minimum Gasteiger partial charge on any atom is -0.418 e. The van der Waals surface area contributed by atoms with Gasteiger partial charge in [0.1, 0.15) is 0 Å². The maximum atomic E-state index is 9.75. The Bertz CT molecular complexity index is 173. The Morgan fingerprint density at radius 1 is 0.875 bits per heavy atom. The molecular formula is C8H14AuBF4S2. The third kappa shape index (κ3) is 8.34. The molecule has 0 radical (unpaired) electrons. The van der Waals surface area contributed by atoms with Gasteiger partial charge in [0.2, 0.25) is 0 Å². The van der Waals surface area contributed by atoms with Crippen LogP contribution in [0.3, 0.4) is 0 Å². The van der Waals surface area contributed by atoms with Crippen LogP contribution in [-0.4, -0.2) is 25.7 Å². The molecule has 2 rings (SSSR count). The van der Waals surface area contributed by atoms with Gasteiger partial charge in [0.05, 0.1) is 0 Å². The van der Waals surface area contributed by atoms with E-state index in [-0.39, 0.29) is 0 Å². The predicted octanol–water partition coefficient (Wildman–Crippen LogP) is 4.08. The molecule has 0 spiro atoms. The second-order valence-electron chi connectivity index (χ2n) is 3.34. The van der Waals surface area contributed by atoms with Crippen molar-refractivity contribution in [3.8, 4) is 0 Å². The van der Waals surface area contributed by atoms with Gasteiger partial charge in [-0.1, -0.05) is 0 Å². The predicted molar refractivity (Wildman–Crippen MR) is 61.1 cm³/mol. The van der Waals surface area contributed by atoms with Crippen molar-refractivity contribution >= 4 is 30.8 Å². The minimum atomic E-state index is -6.00. The van der Waals surface area contributed by atoms with Crippen LogP contribution in [0, 0.1) is 0 Å². The molecule has 0 aromatic rings. The number of hydrogen-bond acceptors (Lipinski definition) is 2. The Balaban J connectivity index is 0.000000221. The van der Waals surface area contributed by atoms with Crippen molar-refractivity contribution in [3.63, 3.8) is 0 Å². The average Bonchev–Trinajstić information content (AvgIpc) is 2.74. The van der Waals surface area contributed by atoms with E-state index >= 15 is 0 Å². The van der Waals surface area contributed by atoms with E-state index in [1.165, 1.54) is 24.3 Å². The summed E-state index contributed by atoms with van der Waals surface area (Å²) in [4.78, 5) is 0. The van der Waals surface area contributed by atoms with Crippen molar-refractivity contribution in [2.75, 3.05) is 11.5 Å². The van der Waals surface area contributed by atoms with Gasteiger partial charge < -0.3 is 17.3 Å². The molecule has 2 atom stereocenters. The summed E-state index contributed by atoms with van der Waals surface area (Å²) < 4.78 is 41.3. The fourth-order valence-electron chi connectivity index (χ4n) is 1.31. The summed E-state index contributed by atoms with van der Waals surface area (Å²) in [6.45, 7) is 0. The van der Waals surface area contributed by atoms with Crippen LogP contribution in [0.25, 0.3) is 0 Å². The normalized spacial score (nSPS) is 30.2. The van der Waals surface area contributed by atoms with Gasteiger partial charge in [0.15, 0.2) is 0 Å². The van der Waals surface area contributed by atoms with Gasteiger partial charge in [-0.2, -0.15) is 0 Å². The standard InChI is InChI=1S/2C4H7S.Au.BF4/c2*1-2-4-5-3-1;;2-1(3,4)5/h2*3H,1-2,4H2;;/q;;+1;-1. The van der Waals surface area contributed by atoms with Crippen LogP contribution in [0.5, 0.6) is 0 Å². The topological polar surface area (TPSA) is 0 Å². The van der Waals surface area contributed by atoms with Gasteiger partial charge in [0.25, 0.3) is 0 Å². The molecule has 2 aliphatic rings. The Morgan fingerprint density at radius 2 is 1.25 bits per heavy atom. The van der Waals surface area contributed by atoms with E-state index in [2.05, 4.69) is 23.5 Å². The molecule has 100 valence electrons. The minimum absolute atomic E-state index is 0.656. The molecule has 0 amide bonds. The first-order valence-electron chi connectivity index (χ1n) is 5.09. The molecule has 2 aliphatic heterocycles. The van der Waals surface area contributed by atoms with Crippen molar-refractivity contribution < 1.29 is 37.0 Å². The molecule has 2 heterocycles. The van der Waals surface area contributed by atoms with Gasteiger partial charge >= 0.3 is 94.7 Å². The molecule has 16 heavy (non-hydrogen) atoms. The summed E-state index contributed by atoms with van der Waals surface area (Å²) in [7, 11) is -6.00. The molecule has 0 saturated carbocycles. The SMILES string of the molecule is C1CS[CH]([Au+][CH]2CCCS2)C1.F[B-](F)(F)F. The van der Waals surface area contributed by atoms with Gasteiger partial charge in [-0.05, 0) is 0 Å². The second-order valence-corrected chi connectivity index (χ2v) is 11.3. The zero-order chi connectivity index (χ0) is 12.0. The molecule has 8 heteroatoms. The van der Waals surface area contributed by atoms with Gasteiger partial charge in [-0.25, -0.2) is 0 Å². The molecule has 0 aromatic carbocycles. The van der Waals surface area contributed by atoms with Crippen molar-refractivity contribution in [3.05, 3.63) is 0 Å². The zero-order valence-corrected chi connectivity index (χ0v) is 12.4. The molecule has 2 saturated heterocycles. The summed E-state index contributed by atoms with van der Waals surface area (Å²) in [6.07, 6.45) is 6.10. The summed E-state index contributed by atoms with van der Waals surface area (Å²) in [6, 6.07) is 0. The fourth-order valence-corrected chi connectivity index (χ4v) is 10.6. The summed E-state index contributed by atoms with van der Waals surface area (Å²) in [5.74, 6) is 2.91. The molecule has 0 bridgehead atoms. The van der Waals surface area contributed by atoms with Crippen LogP contribution in [-0.2, 0) is 19.8 Å². The Labute approximate surface area is 111 Å². The molecule has 0 nitrogen and oxygen atoms in total. The number of hydrogen-bond donors (Lipinski definition) is 0. The number of rotatable bonds is 2. The molecule has 0 N–H and O–H groups in total. The molecular weight excluding hydrogens is 444 g/mol. The van der Waals surface area contributed by atoms with E-state index in [4.69, 9.17) is 0 Å². The van der Waals surface area contributed by atoms with Gasteiger partial charge in [-0.15, -0.1) is 0 Å². The maximum Gasteiger partial charge on any atom is 0.673 e. The van der Waals surface area contributed by atoms with E-state index in [1.807, 2.05) is 0 Å². The van der Waals surface area contributed by atoms with E-state index in [9.17, 15) is 17.3 Å². The van der Waals surface area contributed by atoms with Crippen molar-refractivity contribution in [1.29, 1.82) is 0 Å². The van der Waals surface area contributed by atoms with Crippen LogP contribution in [0.4, 0.5) is 17.3 Å². The van der Waals surface area contributed by atoms with Crippen LogP contribution >= 0.6 is 23.5 Å². The third-order valence-corrected chi connectivity index (χ3v) is 10.5.